The van der Waals surface area contributed by atoms with Gasteiger partial charge in [0.15, 0.2) is 5.75 Å². The summed E-state index contributed by atoms with van der Waals surface area (Å²) in [6.45, 7) is 0. The van der Waals surface area contributed by atoms with Crippen molar-refractivity contribution >= 4 is 28.4 Å². The van der Waals surface area contributed by atoms with Gasteiger partial charge in [-0.05, 0) is 6.07 Å². The number of nitro groups is 1. The second kappa shape index (κ2) is 6.97. The van der Waals surface area contributed by atoms with Crippen LogP contribution in [0.3, 0.4) is 0 Å². The predicted octanol–water partition coefficient (Wildman–Crippen LogP) is 3.58. The van der Waals surface area contributed by atoms with E-state index in [0.717, 1.165) is 17.3 Å². The van der Waals surface area contributed by atoms with Crippen molar-refractivity contribution in [3.63, 3.8) is 0 Å². The molecule has 0 saturated carbocycles. The van der Waals surface area contributed by atoms with Crippen LogP contribution < -0.4 is 5.43 Å². The number of aromatic hydroxyl groups is 2. The van der Waals surface area contributed by atoms with Gasteiger partial charge >= 0.3 is 5.69 Å². The highest BCUT2D eigenvalue weighted by atomic mass is 32.1. The number of thiazole rings is 1. The van der Waals surface area contributed by atoms with Crippen molar-refractivity contribution in [3.05, 3.63) is 63.5 Å². The molecule has 3 rings (SSSR count). The van der Waals surface area contributed by atoms with Crippen molar-refractivity contribution in [2.75, 3.05) is 5.43 Å². The van der Waals surface area contributed by atoms with E-state index in [9.17, 15) is 20.3 Å². The minimum Gasteiger partial charge on any atom is -0.504 e. The minimum absolute atomic E-state index is 0.259. The molecule has 0 amide bonds. The molecule has 0 bridgehead atoms. The molecular weight excluding hydrogens is 344 g/mol. The summed E-state index contributed by atoms with van der Waals surface area (Å²) in [5.41, 5.74) is 4.18. The van der Waals surface area contributed by atoms with Crippen molar-refractivity contribution in [3.8, 4) is 22.8 Å². The Morgan fingerprint density at radius 3 is 2.72 bits per heavy atom. The number of phenolic OH excluding ortho intramolecular Hbond substituents is 2. The second-order valence-corrected chi connectivity index (χ2v) is 5.80. The molecule has 2 aromatic carbocycles. The lowest BCUT2D eigenvalue weighted by atomic mass is 10.2. The van der Waals surface area contributed by atoms with Gasteiger partial charge in [-0.15, -0.1) is 11.3 Å². The number of aromatic nitrogens is 1. The molecule has 0 aliphatic heterocycles. The molecule has 0 atom stereocenters. The van der Waals surface area contributed by atoms with Gasteiger partial charge in [-0.3, -0.25) is 15.5 Å². The first-order valence-corrected chi connectivity index (χ1v) is 7.93. The lowest BCUT2D eigenvalue weighted by Crippen LogP contribution is -1.93. The van der Waals surface area contributed by atoms with Gasteiger partial charge in [0, 0.05) is 22.6 Å². The number of hydrogen-bond donors (Lipinski definition) is 3. The number of nitrogens with zero attached hydrogens (tertiary/aromatic N) is 3. The fourth-order valence-corrected chi connectivity index (χ4v) is 2.74. The van der Waals surface area contributed by atoms with Crippen LogP contribution in [0.4, 0.5) is 10.8 Å². The highest BCUT2D eigenvalue weighted by Crippen LogP contribution is 2.35. The van der Waals surface area contributed by atoms with Gasteiger partial charge in [-0.2, -0.15) is 5.10 Å². The highest BCUT2D eigenvalue weighted by molar-refractivity contribution is 7.14. The van der Waals surface area contributed by atoms with Crippen LogP contribution in [-0.4, -0.2) is 26.3 Å². The summed E-state index contributed by atoms with van der Waals surface area (Å²) >= 11 is 1.36. The average molecular weight is 356 g/mol. The maximum Gasteiger partial charge on any atom is 0.315 e. The summed E-state index contributed by atoms with van der Waals surface area (Å²) in [4.78, 5) is 14.4. The predicted molar refractivity (Wildman–Crippen MR) is 95.2 cm³/mol. The Balaban J connectivity index is 1.74. The maximum atomic E-state index is 10.8. The Bertz CT molecular complexity index is 941. The standard InChI is InChI=1S/C16H12N4O4S/c21-14-7-10(6-13(15(14)22)20(23)24)8-17-19-16-18-12(9-25-16)11-4-2-1-3-5-11/h1-9,21-22H,(H,18,19). The van der Waals surface area contributed by atoms with E-state index >= 15 is 0 Å². The Morgan fingerprint density at radius 1 is 1.24 bits per heavy atom. The van der Waals surface area contributed by atoms with E-state index < -0.39 is 22.1 Å². The van der Waals surface area contributed by atoms with Crippen LogP contribution in [0.2, 0.25) is 0 Å². The Labute approximate surface area is 145 Å². The number of phenols is 2. The fraction of sp³-hybridized carbons (Fsp3) is 0. The molecule has 3 aromatic rings. The number of hydrazone groups is 1. The quantitative estimate of drug-likeness (QED) is 0.278. The summed E-state index contributed by atoms with van der Waals surface area (Å²) < 4.78 is 0. The van der Waals surface area contributed by atoms with Crippen molar-refractivity contribution in [2.24, 2.45) is 5.10 Å². The molecule has 1 heterocycles. The van der Waals surface area contributed by atoms with Crippen LogP contribution in [0.1, 0.15) is 5.56 Å². The molecule has 3 N–H and O–H groups in total. The average Bonchev–Trinajstić information content (AvgIpc) is 3.07. The smallest absolute Gasteiger partial charge is 0.315 e. The van der Waals surface area contributed by atoms with Crippen molar-refractivity contribution < 1.29 is 15.1 Å². The first kappa shape index (κ1) is 16.4. The lowest BCUT2D eigenvalue weighted by Gasteiger charge is -2.01. The van der Waals surface area contributed by atoms with Crippen molar-refractivity contribution in [1.82, 2.24) is 4.98 Å². The number of nitro benzene ring substituents is 1. The Kier molecular flexibility index (Phi) is 4.57. The summed E-state index contributed by atoms with van der Waals surface area (Å²) in [5, 5.41) is 36.2. The van der Waals surface area contributed by atoms with Crippen LogP contribution in [0, 0.1) is 10.1 Å². The van der Waals surface area contributed by atoms with E-state index in [4.69, 9.17) is 0 Å². The normalized spacial score (nSPS) is 10.9. The molecule has 0 aliphatic rings. The zero-order chi connectivity index (χ0) is 17.8. The summed E-state index contributed by atoms with van der Waals surface area (Å²) in [6, 6.07) is 11.9. The Morgan fingerprint density at radius 2 is 2.00 bits per heavy atom. The van der Waals surface area contributed by atoms with E-state index in [1.807, 2.05) is 35.7 Å². The molecule has 126 valence electrons. The van der Waals surface area contributed by atoms with Gasteiger partial charge < -0.3 is 10.2 Å². The zero-order valence-corrected chi connectivity index (χ0v) is 13.5. The Hall–Kier alpha value is -3.46. The van der Waals surface area contributed by atoms with Crippen LogP contribution in [-0.2, 0) is 0 Å². The van der Waals surface area contributed by atoms with Gasteiger partial charge in [0.25, 0.3) is 0 Å². The van der Waals surface area contributed by atoms with Crippen LogP contribution >= 0.6 is 11.3 Å². The molecule has 8 nitrogen and oxygen atoms in total. The highest BCUT2D eigenvalue weighted by Gasteiger charge is 2.18. The number of rotatable bonds is 5. The van der Waals surface area contributed by atoms with E-state index in [2.05, 4.69) is 15.5 Å². The molecule has 0 unspecified atom stereocenters. The van der Waals surface area contributed by atoms with Gasteiger partial charge in [0.05, 0.1) is 16.8 Å². The SMILES string of the molecule is O=[N+]([O-])c1cc(C=NNc2nc(-c3ccccc3)cs2)cc(O)c1O. The minimum atomic E-state index is -0.785. The van der Waals surface area contributed by atoms with E-state index in [1.165, 1.54) is 23.6 Å². The fourth-order valence-electron chi connectivity index (χ4n) is 2.07. The van der Waals surface area contributed by atoms with E-state index in [-0.39, 0.29) is 5.56 Å². The molecule has 0 aliphatic carbocycles. The maximum absolute atomic E-state index is 10.8. The zero-order valence-electron chi connectivity index (χ0n) is 12.7. The number of nitrogens with one attached hydrogen (secondary N) is 1. The third-order valence-corrected chi connectivity index (χ3v) is 3.98. The van der Waals surface area contributed by atoms with E-state index in [0.29, 0.717) is 5.13 Å². The van der Waals surface area contributed by atoms with E-state index in [1.54, 1.807) is 0 Å². The first-order valence-electron chi connectivity index (χ1n) is 7.05. The monoisotopic (exact) mass is 356 g/mol. The largest absolute Gasteiger partial charge is 0.504 e. The lowest BCUT2D eigenvalue weighted by molar-refractivity contribution is -0.386. The second-order valence-electron chi connectivity index (χ2n) is 4.94. The van der Waals surface area contributed by atoms with Gasteiger partial charge in [-0.1, -0.05) is 30.3 Å². The number of benzene rings is 2. The topological polar surface area (TPSA) is 121 Å². The molecule has 0 radical (unpaired) electrons. The third-order valence-electron chi connectivity index (χ3n) is 3.24. The number of hydrogen-bond acceptors (Lipinski definition) is 8. The van der Waals surface area contributed by atoms with Gasteiger partial charge in [-0.25, -0.2) is 4.98 Å². The molecular formula is C16H12N4O4S. The third kappa shape index (κ3) is 3.72. The van der Waals surface area contributed by atoms with Crippen LogP contribution in [0.15, 0.2) is 52.9 Å². The van der Waals surface area contributed by atoms with Crippen molar-refractivity contribution in [1.29, 1.82) is 0 Å². The molecule has 0 spiro atoms. The van der Waals surface area contributed by atoms with Crippen LogP contribution in [0.5, 0.6) is 11.5 Å². The van der Waals surface area contributed by atoms with Crippen molar-refractivity contribution in [2.45, 2.75) is 0 Å². The van der Waals surface area contributed by atoms with Gasteiger partial charge in [0.2, 0.25) is 10.9 Å². The summed E-state index contributed by atoms with van der Waals surface area (Å²) in [5.74, 6) is -1.36. The summed E-state index contributed by atoms with van der Waals surface area (Å²) in [6.07, 6.45) is 1.29. The summed E-state index contributed by atoms with van der Waals surface area (Å²) in [7, 11) is 0. The molecule has 25 heavy (non-hydrogen) atoms. The first-order chi connectivity index (χ1) is 12.0. The number of anilines is 1. The van der Waals surface area contributed by atoms with Crippen LogP contribution in [0.25, 0.3) is 11.3 Å². The molecule has 1 aromatic heterocycles. The van der Waals surface area contributed by atoms with Gasteiger partial charge in [0.1, 0.15) is 0 Å². The molecule has 0 saturated heterocycles. The molecule has 0 fully saturated rings. The molecule has 9 heteroatoms.